The van der Waals surface area contributed by atoms with Crippen molar-refractivity contribution in [3.63, 3.8) is 0 Å². The minimum absolute atomic E-state index is 0.0156. The maximum absolute atomic E-state index is 12.9. The number of nitrogens with one attached hydrogen (secondary N) is 1. The van der Waals surface area contributed by atoms with Crippen molar-refractivity contribution in [3.8, 4) is 0 Å². The highest BCUT2D eigenvalue weighted by atomic mass is 32.2. The number of carboxylic acid groups (broad SMARTS) is 2. The molecule has 4 aromatic carbocycles. The first-order chi connectivity index (χ1) is 19.8. The van der Waals surface area contributed by atoms with E-state index in [4.69, 9.17) is 9.90 Å². The second kappa shape index (κ2) is 13.7. The molecular weight excluding hydrogens is 573 g/mol. The zero-order valence-electron chi connectivity index (χ0n) is 22.2. The number of benzene rings is 4. The van der Waals surface area contributed by atoms with Gasteiger partial charge in [0.25, 0.3) is 10.0 Å². The van der Waals surface area contributed by atoms with E-state index in [-0.39, 0.29) is 16.1 Å². The van der Waals surface area contributed by atoms with Gasteiger partial charge in [-0.25, -0.2) is 18.0 Å². The highest BCUT2D eigenvalue weighted by Gasteiger charge is 2.38. The topological polar surface area (TPSA) is 124 Å². The smallest absolute Gasteiger partial charge is 0.478 e. The molecule has 0 heterocycles. The molecule has 0 atom stereocenters. The Morgan fingerprint density at radius 2 is 1.26 bits per heavy atom. The van der Waals surface area contributed by atoms with Crippen LogP contribution in [0.15, 0.2) is 108 Å². The van der Waals surface area contributed by atoms with Crippen LogP contribution in [-0.4, -0.2) is 36.7 Å². The summed E-state index contributed by atoms with van der Waals surface area (Å²) in [6.45, 7) is 2.69. The maximum atomic E-state index is 12.9. The average Bonchev–Trinajstić information content (AvgIpc) is 2.93. The third-order valence-electron chi connectivity index (χ3n) is 5.88. The Morgan fingerprint density at radius 1 is 0.786 bits per heavy atom. The Labute approximate surface area is 240 Å². The van der Waals surface area contributed by atoms with E-state index in [0.29, 0.717) is 24.3 Å². The molecule has 12 heteroatoms. The number of nitrogens with zero attached hydrogens (tertiary/aromatic N) is 1. The van der Waals surface area contributed by atoms with Crippen LogP contribution in [0.1, 0.15) is 27.0 Å². The van der Waals surface area contributed by atoms with Gasteiger partial charge in [0.15, 0.2) is 0 Å². The Morgan fingerprint density at radius 3 is 1.71 bits per heavy atom. The summed E-state index contributed by atoms with van der Waals surface area (Å²) in [7, 11) is -3.87. The fraction of sp³-hybridized carbons (Fsp3) is 0.133. The lowest BCUT2D eigenvalue weighted by atomic mass is 10.1. The van der Waals surface area contributed by atoms with Gasteiger partial charge in [0, 0.05) is 18.8 Å². The predicted octanol–water partition coefficient (Wildman–Crippen LogP) is 6.33. The van der Waals surface area contributed by atoms with Crippen LogP contribution >= 0.6 is 0 Å². The van der Waals surface area contributed by atoms with Crippen LogP contribution in [0.5, 0.6) is 0 Å². The van der Waals surface area contributed by atoms with E-state index >= 15 is 0 Å². The number of carbonyl (C=O) groups is 2. The van der Waals surface area contributed by atoms with Crippen LogP contribution in [0.25, 0.3) is 0 Å². The first-order valence-electron chi connectivity index (χ1n) is 12.4. The Hall–Kier alpha value is -4.84. The fourth-order valence-corrected chi connectivity index (χ4v) is 5.25. The molecule has 0 aliphatic heterocycles. The van der Waals surface area contributed by atoms with Gasteiger partial charge in [0.05, 0.1) is 16.1 Å². The number of hydrogen-bond acceptors (Lipinski definition) is 5. The number of aliphatic carboxylic acids is 1. The molecule has 8 nitrogen and oxygen atoms in total. The average molecular weight is 601 g/mol. The molecule has 4 aromatic rings. The summed E-state index contributed by atoms with van der Waals surface area (Å²) >= 11 is 0. The Bertz CT molecular complexity index is 1590. The van der Waals surface area contributed by atoms with E-state index < -0.39 is 28.1 Å². The van der Waals surface area contributed by atoms with Gasteiger partial charge in [0.1, 0.15) is 0 Å². The number of alkyl halides is 3. The minimum atomic E-state index is -5.08. The minimum Gasteiger partial charge on any atom is -0.478 e. The fourth-order valence-electron chi connectivity index (χ4n) is 3.95. The van der Waals surface area contributed by atoms with Crippen molar-refractivity contribution in [1.29, 1.82) is 0 Å². The zero-order chi connectivity index (χ0) is 30.9. The molecule has 0 saturated carbocycles. The molecular formula is C30H27F3N2O6S. The van der Waals surface area contributed by atoms with E-state index in [2.05, 4.69) is 4.72 Å². The SMILES string of the molecule is Cc1ccccc1S(=O)(=O)Nc1ccc(N(Cc2ccccc2)Cc2ccccc2)c(C(=O)O)c1.O=C(O)C(F)(F)F. The zero-order valence-corrected chi connectivity index (χ0v) is 23.1. The first kappa shape index (κ1) is 31.7. The molecule has 0 fully saturated rings. The molecule has 0 bridgehead atoms. The molecule has 42 heavy (non-hydrogen) atoms. The molecule has 0 unspecified atom stereocenters. The van der Waals surface area contributed by atoms with Crippen LogP contribution in [0.4, 0.5) is 24.5 Å². The van der Waals surface area contributed by atoms with Crippen LogP contribution in [0.3, 0.4) is 0 Å². The summed E-state index contributed by atoms with van der Waals surface area (Å²) in [4.78, 5) is 23.3. The molecule has 0 amide bonds. The van der Waals surface area contributed by atoms with E-state index in [9.17, 15) is 31.5 Å². The Balaban J connectivity index is 0.000000616. The van der Waals surface area contributed by atoms with Crippen molar-refractivity contribution >= 4 is 33.3 Å². The summed E-state index contributed by atoms with van der Waals surface area (Å²) < 4.78 is 60.1. The van der Waals surface area contributed by atoms with Crippen LogP contribution in [0.2, 0.25) is 0 Å². The normalized spacial score (nSPS) is 11.1. The third-order valence-corrected chi connectivity index (χ3v) is 7.42. The lowest BCUT2D eigenvalue weighted by molar-refractivity contribution is -0.192. The second-order valence-electron chi connectivity index (χ2n) is 9.04. The van der Waals surface area contributed by atoms with Gasteiger partial charge in [-0.1, -0.05) is 78.9 Å². The molecule has 220 valence electrons. The molecule has 0 aliphatic rings. The van der Waals surface area contributed by atoms with Crippen LogP contribution in [0, 0.1) is 6.92 Å². The lowest BCUT2D eigenvalue weighted by Crippen LogP contribution is -2.24. The number of rotatable bonds is 9. The highest BCUT2D eigenvalue weighted by Crippen LogP contribution is 2.29. The number of hydrogen-bond donors (Lipinski definition) is 3. The standard InChI is InChI=1S/C28H26N2O4S.C2HF3O2/c1-21-10-8-9-15-27(21)35(33,34)29-24-16-17-26(25(18-24)28(31)32)30(19-22-11-4-2-5-12-22)20-23-13-6-3-7-14-23;3-2(4,5)1(6)7/h2-18,29H,19-20H2,1H3,(H,31,32);(H,6,7). The van der Waals surface area contributed by atoms with Crippen molar-refractivity contribution < 1.29 is 41.4 Å². The number of carboxylic acids is 2. The molecule has 0 saturated heterocycles. The monoisotopic (exact) mass is 600 g/mol. The quantitative estimate of drug-likeness (QED) is 0.205. The predicted molar refractivity (Wildman–Crippen MR) is 152 cm³/mol. The molecule has 0 aliphatic carbocycles. The van der Waals surface area contributed by atoms with Gasteiger partial charge in [-0.15, -0.1) is 0 Å². The summed E-state index contributed by atoms with van der Waals surface area (Å²) in [5.41, 5.74) is 3.37. The summed E-state index contributed by atoms with van der Waals surface area (Å²) in [6, 6.07) is 30.9. The van der Waals surface area contributed by atoms with Crippen molar-refractivity contribution in [2.75, 3.05) is 9.62 Å². The highest BCUT2D eigenvalue weighted by molar-refractivity contribution is 7.92. The summed E-state index contributed by atoms with van der Waals surface area (Å²) in [6.07, 6.45) is -5.08. The van der Waals surface area contributed by atoms with Gasteiger partial charge >= 0.3 is 18.1 Å². The molecule has 0 radical (unpaired) electrons. The van der Waals surface area contributed by atoms with Crippen LogP contribution in [-0.2, 0) is 27.9 Å². The number of sulfonamides is 1. The molecule has 0 aromatic heterocycles. The van der Waals surface area contributed by atoms with Gasteiger partial charge < -0.3 is 15.1 Å². The molecule has 0 spiro atoms. The first-order valence-corrected chi connectivity index (χ1v) is 13.8. The van der Waals surface area contributed by atoms with Crippen molar-refractivity contribution in [2.45, 2.75) is 31.1 Å². The summed E-state index contributed by atoms with van der Waals surface area (Å²) in [5.74, 6) is -3.89. The number of halogens is 3. The maximum Gasteiger partial charge on any atom is 0.490 e. The molecule has 3 N–H and O–H groups in total. The summed E-state index contributed by atoms with van der Waals surface area (Å²) in [5, 5.41) is 17.2. The molecule has 4 rings (SSSR count). The van der Waals surface area contributed by atoms with E-state index in [1.54, 1.807) is 37.3 Å². The van der Waals surface area contributed by atoms with Crippen LogP contribution < -0.4 is 9.62 Å². The van der Waals surface area contributed by atoms with Gasteiger partial charge in [-0.05, 0) is 47.9 Å². The third kappa shape index (κ3) is 8.83. The van der Waals surface area contributed by atoms with Crippen molar-refractivity contribution in [2.24, 2.45) is 0 Å². The van der Waals surface area contributed by atoms with E-state index in [1.165, 1.54) is 12.1 Å². The van der Waals surface area contributed by atoms with Crippen molar-refractivity contribution in [1.82, 2.24) is 0 Å². The Kier molecular flexibility index (Phi) is 10.3. The van der Waals surface area contributed by atoms with E-state index in [0.717, 1.165) is 11.1 Å². The van der Waals surface area contributed by atoms with Crippen molar-refractivity contribution in [3.05, 3.63) is 125 Å². The number of anilines is 2. The van der Waals surface area contributed by atoms with E-state index in [1.807, 2.05) is 65.6 Å². The van der Waals surface area contributed by atoms with Gasteiger partial charge in [-0.3, -0.25) is 4.72 Å². The lowest BCUT2D eigenvalue weighted by Gasteiger charge is -2.27. The number of aromatic carboxylic acids is 1. The second-order valence-corrected chi connectivity index (χ2v) is 10.7. The van der Waals surface area contributed by atoms with Gasteiger partial charge in [-0.2, -0.15) is 13.2 Å². The number of aryl methyl sites for hydroxylation is 1. The largest absolute Gasteiger partial charge is 0.490 e. The van der Waals surface area contributed by atoms with Gasteiger partial charge in [0.2, 0.25) is 0 Å².